The number of nitrogens with two attached hydrogens (primary N) is 1. The first kappa shape index (κ1) is 11.4. The summed E-state index contributed by atoms with van der Waals surface area (Å²) in [6, 6.07) is 8.44. The number of para-hydroxylation sites is 1. The van der Waals surface area contributed by atoms with E-state index < -0.39 is 0 Å². The van der Waals surface area contributed by atoms with Crippen LogP contribution in [-0.2, 0) is 6.42 Å². The second kappa shape index (κ2) is 4.85. The van der Waals surface area contributed by atoms with E-state index in [2.05, 4.69) is 31.4 Å². The maximum atomic E-state index is 5.92. The fraction of sp³-hybridized carbons (Fsp3) is 0.538. The second-order valence-electron chi connectivity index (χ2n) is 4.87. The average Bonchev–Trinajstić information content (AvgIpc) is 2.68. The van der Waals surface area contributed by atoms with E-state index in [1.807, 2.05) is 12.1 Å². The van der Waals surface area contributed by atoms with Crippen LogP contribution in [0.15, 0.2) is 24.3 Å². The molecular weight excluding hydrogens is 200 g/mol. The Morgan fingerprint density at radius 3 is 2.81 bits per heavy atom. The van der Waals surface area contributed by atoms with Gasteiger partial charge in [0.15, 0.2) is 0 Å². The van der Waals surface area contributed by atoms with Crippen LogP contribution >= 0.6 is 0 Å². The van der Waals surface area contributed by atoms with E-state index >= 15 is 0 Å². The molecule has 2 rings (SSSR count). The summed E-state index contributed by atoms with van der Waals surface area (Å²) in [5, 5.41) is 0. The van der Waals surface area contributed by atoms with Crippen molar-refractivity contribution in [2.75, 3.05) is 0 Å². The van der Waals surface area contributed by atoms with Gasteiger partial charge in [-0.15, -0.1) is 0 Å². The molecule has 0 aliphatic carbocycles. The number of hydrazine groups is 1. The van der Waals surface area contributed by atoms with Crippen LogP contribution in [0.2, 0.25) is 0 Å². The summed E-state index contributed by atoms with van der Waals surface area (Å²) in [5.41, 5.74) is 4.17. The molecule has 1 aromatic carbocycles. The number of ether oxygens (including phenoxy) is 1. The van der Waals surface area contributed by atoms with Crippen molar-refractivity contribution >= 4 is 0 Å². The molecule has 1 aliphatic heterocycles. The monoisotopic (exact) mass is 220 g/mol. The minimum absolute atomic E-state index is 0.171. The van der Waals surface area contributed by atoms with E-state index in [0.717, 1.165) is 18.6 Å². The second-order valence-corrected chi connectivity index (χ2v) is 4.87. The van der Waals surface area contributed by atoms with E-state index in [4.69, 9.17) is 10.6 Å². The van der Waals surface area contributed by atoms with Gasteiger partial charge in [-0.2, -0.15) is 0 Å². The Morgan fingerprint density at radius 1 is 1.44 bits per heavy atom. The molecule has 2 unspecified atom stereocenters. The first-order valence-electron chi connectivity index (χ1n) is 5.91. The van der Waals surface area contributed by atoms with Gasteiger partial charge < -0.3 is 4.74 Å². The number of benzene rings is 1. The molecule has 16 heavy (non-hydrogen) atoms. The quantitative estimate of drug-likeness (QED) is 0.601. The van der Waals surface area contributed by atoms with Gasteiger partial charge in [0.25, 0.3) is 0 Å². The molecule has 1 aliphatic rings. The van der Waals surface area contributed by atoms with Gasteiger partial charge in [0.05, 0.1) is 6.04 Å². The highest BCUT2D eigenvalue weighted by atomic mass is 16.5. The summed E-state index contributed by atoms with van der Waals surface area (Å²) in [7, 11) is 0. The minimum atomic E-state index is 0.171. The Bertz CT molecular complexity index is 327. The number of hydrogen-bond acceptors (Lipinski definition) is 3. The number of fused-ring (bicyclic) bond motifs is 1. The molecule has 0 saturated carbocycles. The average molecular weight is 220 g/mol. The molecule has 88 valence electrons. The topological polar surface area (TPSA) is 47.3 Å². The van der Waals surface area contributed by atoms with Crippen LogP contribution in [0.4, 0.5) is 0 Å². The minimum Gasteiger partial charge on any atom is -0.488 e. The van der Waals surface area contributed by atoms with Crippen molar-refractivity contribution in [3.63, 3.8) is 0 Å². The van der Waals surface area contributed by atoms with Crippen molar-refractivity contribution in [1.29, 1.82) is 0 Å². The lowest BCUT2D eigenvalue weighted by Crippen LogP contribution is -2.46. The summed E-state index contributed by atoms with van der Waals surface area (Å²) < 4.78 is 5.92. The van der Waals surface area contributed by atoms with Crippen molar-refractivity contribution in [3.8, 4) is 5.75 Å². The Morgan fingerprint density at radius 2 is 2.19 bits per heavy atom. The van der Waals surface area contributed by atoms with Crippen LogP contribution in [0.3, 0.4) is 0 Å². The molecule has 0 saturated heterocycles. The predicted molar refractivity (Wildman–Crippen MR) is 65.1 cm³/mol. The molecule has 3 nitrogen and oxygen atoms in total. The van der Waals surface area contributed by atoms with Crippen molar-refractivity contribution < 1.29 is 4.74 Å². The van der Waals surface area contributed by atoms with Crippen LogP contribution in [-0.4, -0.2) is 12.1 Å². The first-order chi connectivity index (χ1) is 7.70. The maximum absolute atomic E-state index is 5.92. The highest BCUT2D eigenvalue weighted by Gasteiger charge is 2.29. The molecule has 2 atom stereocenters. The van der Waals surface area contributed by atoms with Gasteiger partial charge in [0.2, 0.25) is 0 Å². The standard InChI is InChI=1S/C13H20N2O/c1-9(2)7-11(15-14)13-8-10-5-3-4-6-12(10)16-13/h3-6,9,11,13,15H,7-8,14H2,1-2H3. The Kier molecular flexibility index (Phi) is 3.46. The third-order valence-corrected chi connectivity index (χ3v) is 3.06. The van der Waals surface area contributed by atoms with Gasteiger partial charge >= 0.3 is 0 Å². The van der Waals surface area contributed by atoms with Gasteiger partial charge in [0, 0.05) is 6.42 Å². The molecular formula is C13H20N2O. The first-order valence-corrected chi connectivity index (χ1v) is 5.91. The number of rotatable bonds is 4. The van der Waals surface area contributed by atoms with Crippen molar-refractivity contribution in [2.24, 2.45) is 11.8 Å². The van der Waals surface area contributed by atoms with Crippen molar-refractivity contribution in [1.82, 2.24) is 5.43 Å². The summed E-state index contributed by atoms with van der Waals surface area (Å²) >= 11 is 0. The SMILES string of the molecule is CC(C)CC(NN)C1Cc2ccccc2O1. The molecule has 1 heterocycles. The van der Waals surface area contributed by atoms with Crippen molar-refractivity contribution in [2.45, 2.75) is 38.8 Å². The van der Waals surface area contributed by atoms with Crippen LogP contribution < -0.4 is 16.0 Å². The van der Waals surface area contributed by atoms with Gasteiger partial charge in [-0.3, -0.25) is 11.3 Å². The summed E-state index contributed by atoms with van der Waals surface area (Å²) in [4.78, 5) is 0. The highest BCUT2D eigenvalue weighted by Crippen LogP contribution is 2.30. The molecule has 3 heteroatoms. The number of hydrogen-bond donors (Lipinski definition) is 2. The van der Waals surface area contributed by atoms with E-state index in [1.165, 1.54) is 5.56 Å². The molecule has 1 aromatic rings. The van der Waals surface area contributed by atoms with Gasteiger partial charge in [-0.1, -0.05) is 32.0 Å². The van der Waals surface area contributed by atoms with Crippen LogP contribution in [0.1, 0.15) is 25.8 Å². The smallest absolute Gasteiger partial charge is 0.123 e. The molecule has 0 radical (unpaired) electrons. The largest absolute Gasteiger partial charge is 0.488 e. The lowest BCUT2D eigenvalue weighted by molar-refractivity contribution is 0.163. The summed E-state index contributed by atoms with van der Waals surface area (Å²) in [5.74, 6) is 7.24. The Balaban J connectivity index is 2.04. The van der Waals surface area contributed by atoms with E-state index in [-0.39, 0.29) is 12.1 Å². The zero-order chi connectivity index (χ0) is 11.5. The molecule has 0 bridgehead atoms. The molecule has 0 amide bonds. The zero-order valence-electron chi connectivity index (χ0n) is 9.94. The van der Waals surface area contributed by atoms with E-state index in [0.29, 0.717) is 5.92 Å². The molecule has 3 N–H and O–H groups in total. The van der Waals surface area contributed by atoms with Crippen molar-refractivity contribution in [3.05, 3.63) is 29.8 Å². The van der Waals surface area contributed by atoms with E-state index in [1.54, 1.807) is 0 Å². The van der Waals surface area contributed by atoms with Crippen LogP contribution in [0.5, 0.6) is 5.75 Å². The summed E-state index contributed by atoms with van der Waals surface area (Å²) in [6.45, 7) is 4.40. The third-order valence-electron chi connectivity index (χ3n) is 3.06. The van der Waals surface area contributed by atoms with E-state index in [9.17, 15) is 0 Å². The van der Waals surface area contributed by atoms with Gasteiger partial charge in [-0.25, -0.2) is 0 Å². The normalized spacial score (nSPS) is 20.6. The van der Waals surface area contributed by atoms with Gasteiger partial charge in [-0.05, 0) is 24.0 Å². The number of nitrogens with one attached hydrogen (secondary N) is 1. The van der Waals surface area contributed by atoms with Crippen LogP contribution in [0.25, 0.3) is 0 Å². The lowest BCUT2D eigenvalue weighted by Gasteiger charge is -2.23. The Hall–Kier alpha value is -1.06. The molecule has 0 aromatic heterocycles. The third kappa shape index (κ3) is 2.36. The lowest BCUT2D eigenvalue weighted by atomic mass is 9.97. The fourth-order valence-corrected chi connectivity index (χ4v) is 2.27. The highest BCUT2D eigenvalue weighted by molar-refractivity contribution is 5.37. The zero-order valence-corrected chi connectivity index (χ0v) is 9.94. The maximum Gasteiger partial charge on any atom is 0.123 e. The van der Waals surface area contributed by atoms with Gasteiger partial charge in [0.1, 0.15) is 11.9 Å². The molecule has 0 fully saturated rings. The Labute approximate surface area is 97.0 Å². The molecule has 0 spiro atoms. The predicted octanol–water partition coefficient (Wildman–Crippen LogP) is 1.87. The fourth-order valence-electron chi connectivity index (χ4n) is 2.27. The van der Waals surface area contributed by atoms with Crippen LogP contribution in [0, 0.1) is 5.92 Å². The summed E-state index contributed by atoms with van der Waals surface area (Å²) in [6.07, 6.45) is 2.16.